The first-order valence-corrected chi connectivity index (χ1v) is 9.25. The topological polar surface area (TPSA) is 102 Å². The fourth-order valence-corrected chi connectivity index (χ4v) is 3.59. The minimum atomic E-state index is -0.199. The number of nitrogens with one attached hydrogen (secondary N) is 3. The van der Waals surface area contributed by atoms with Crippen LogP contribution in [0.3, 0.4) is 0 Å². The summed E-state index contributed by atoms with van der Waals surface area (Å²) in [5.74, 6) is 1.09. The number of benzene rings is 2. The highest BCUT2D eigenvalue weighted by atomic mass is 15.2. The molecule has 6 heteroatoms. The van der Waals surface area contributed by atoms with E-state index in [9.17, 15) is 0 Å². The number of nitrogens with zero attached hydrogens (tertiary/aromatic N) is 2. The number of para-hydroxylation sites is 1. The van der Waals surface area contributed by atoms with Gasteiger partial charge in [0.15, 0.2) is 5.82 Å². The van der Waals surface area contributed by atoms with Gasteiger partial charge in [-0.3, -0.25) is 15.7 Å². The second kappa shape index (κ2) is 6.00. The molecular weight excluding hydrogens is 348 g/mol. The normalized spacial score (nSPS) is 16.5. The summed E-state index contributed by atoms with van der Waals surface area (Å²) >= 11 is 0. The van der Waals surface area contributed by atoms with Crippen molar-refractivity contribution in [3.63, 3.8) is 0 Å². The van der Waals surface area contributed by atoms with Crippen LogP contribution in [-0.2, 0) is 5.54 Å². The number of amidine groups is 2. The Bertz CT molecular complexity index is 1100. The molecule has 2 aromatic carbocycles. The molecule has 0 spiro atoms. The number of pyridine rings is 1. The summed E-state index contributed by atoms with van der Waals surface area (Å²) in [6, 6.07) is 19.1. The van der Waals surface area contributed by atoms with Gasteiger partial charge in [-0.25, -0.2) is 4.98 Å². The van der Waals surface area contributed by atoms with Crippen LogP contribution >= 0.6 is 0 Å². The van der Waals surface area contributed by atoms with Crippen molar-refractivity contribution in [3.8, 4) is 0 Å². The van der Waals surface area contributed by atoms with Gasteiger partial charge in [0.05, 0.1) is 11.4 Å². The average molecular weight is 368 g/mol. The lowest BCUT2D eigenvalue weighted by Crippen LogP contribution is -2.36. The number of aromatic nitrogens is 1. The zero-order valence-electron chi connectivity index (χ0n) is 15.2. The molecule has 1 fully saturated rings. The molecule has 0 saturated heterocycles. The predicted molar refractivity (Wildman–Crippen MR) is 112 cm³/mol. The fourth-order valence-electron chi connectivity index (χ4n) is 3.59. The molecular formula is C22H20N6. The number of rotatable bonds is 2. The third-order valence-corrected chi connectivity index (χ3v) is 5.43. The number of anilines is 3. The highest BCUT2D eigenvalue weighted by Crippen LogP contribution is 2.42. The Kier molecular flexibility index (Phi) is 3.57. The minimum absolute atomic E-state index is 0.199. The van der Waals surface area contributed by atoms with E-state index in [4.69, 9.17) is 16.6 Å². The Morgan fingerprint density at radius 3 is 2.54 bits per heavy atom. The molecule has 2 heterocycles. The molecule has 0 atom stereocenters. The molecule has 1 saturated carbocycles. The van der Waals surface area contributed by atoms with Crippen molar-refractivity contribution in [2.24, 2.45) is 5.73 Å². The Labute approximate surface area is 163 Å². The van der Waals surface area contributed by atoms with Crippen LogP contribution in [-0.4, -0.2) is 16.7 Å². The Hall–Kier alpha value is -3.51. The van der Waals surface area contributed by atoms with Gasteiger partial charge in [0.2, 0.25) is 0 Å². The SMILES string of the molecule is N=C(c1ccc(C2(N)CC2)cc1)N1C(=N)c2ccccc2Nc2ncccc21. The molecule has 1 aliphatic carbocycles. The molecule has 2 aliphatic rings. The molecule has 3 aromatic rings. The zero-order valence-corrected chi connectivity index (χ0v) is 15.2. The van der Waals surface area contributed by atoms with Crippen LogP contribution in [0.1, 0.15) is 29.5 Å². The van der Waals surface area contributed by atoms with Crippen LogP contribution in [0.5, 0.6) is 0 Å². The summed E-state index contributed by atoms with van der Waals surface area (Å²) in [6.07, 6.45) is 3.71. The van der Waals surface area contributed by atoms with Gasteiger partial charge in [-0.15, -0.1) is 0 Å². The number of nitrogens with two attached hydrogens (primary N) is 1. The van der Waals surface area contributed by atoms with Gasteiger partial charge in [0, 0.05) is 22.9 Å². The van der Waals surface area contributed by atoms with E-state index in [1.54, 1.807) is 11.1 Å². The highest BCUT2D eigenvalue weighted by molar-refractivity contribution is 6.30. The highest BCUT2D eigenvalue weighted by Gasteiger charge is 2.39. The van der Waals surface area contributed by atoms with Crippen molar-refractivity contribution in [1.29, 1.82) is 10.8 Å². The first-order valence-electron chi connectivity index (χ1n) is 9.25. The van der Waals surface area contributed by atoms with Gasteiger partial charge >= 0.3 is 0 Å². The van der Waals surface area contributed by atoms with E-state index >= 15 is 0 Å². The van der Waals surface area contributed by atoms with Crippen molar-refractivity contribution < 1.29 is 0 Å². The molecule has 6 nitrogen and oxygen atoms in total. The van der Waals surface area contributed by atoms with Crippen molar-refractivity contribution in [3.05, 3.63) is 83.6 Å². The largest absolute Gasteiger partial charge is 0.338 e. The summed E-state index contributed by atoms with van der Waals surface area (Å²) in [4.78, 5) is 6.06. The van der Waals surface area contributed by atoms with Crippen molar-refractivity contribution >= 4 is 28.9 Å². The van der Waals surface area contributed by atoms with E-state index in [1.807, 2.05) is 60.7 Å². The smallest absolute Gasteiger partial charge is 0.154 e. The Morgan fingerprint density at radius 1 is 1.04 bits per heavy atom. The van der Waals surface area contributed by atoms with Crippen LogP contribution in [0.25, 0.3) is 0 Å². The first kappa shape index (κ1) is 16.6. The number of hydrogen-bond acceptors (Lipinski definition) is 5. The molecule has 0 radical (unpaired) electrons. The van der Waals surface area contributed by atoms with Crippen LogP contribution in [0.2, 0.25) is 0 Å². The summed E-state index contributed by atoms with van der Waals surface area (Å²) in [7, 11) is 0. The quantitative estimate of drug-likeness (QED) is 0.406. The molecule has 0 bridgehead atoms. The molecule has 138 valence electrons. The molecule has 5 rings (SSSR count). The third kappa shape index (κ3) is 2.58. The van der Waals surface area contributed by atoms with E-state index < -0.39 is 0 Å². The predicted octanol–water partition coefficient (Wildman–Crippen LogP) is 3.94. The maximum absolute atomic E-state index is 8.86. The van der Waals surface area contributed by atoms with Gasteiger partial charge < -0.3 is 11.1 Å². The summed E-state index contributed by atoms with van der Waals surface area (Å²) in [5, 5.41) is 21.0. The number of fused-ring (bicyclic) bond motifs is 2. The lowest BCUT2D eigenvalue weighted by atomic mass is 10.0. The number of hydrogen-bond donors (Lipinski definition) is 4. The van der Waals surface area contributed by atoms with Crippen molar-refractivity contribution in [2.75, 3.05) is 10.2 Å². The van der Waals surface area contributed by atoms with E-state index in [2.05, 4.69) is 10.3 Å². The van der Waals surface area contributed by atoms with Crippen LogP contribution < -0.4 is 16.0 Å². The molecule has 0 unspecified atom stereocenters. The Balaban J connectivity index is 1.59. The second-order valence-electron chi connectivity index (χ2n) is 7.31. The average Bonchev–Trinajstić information content (AvgIpc) is 3.49. The van der Waals surface area contributed by atoms with Gasteiger partial charge in [0.25, 0.3) is 0 Å². The first-order chi connectivity index (χ1) is 13.6. The second-order valence-corrected chi connectivity index (χ2v) is 7.31. The maximum atomic E-state index is 8.86. The maximum Gasteiger partial charge on any atom is 0.154 e. The van der Waals surface area contributed by atoms with Gasteiger partial charge in [-0.05, 0) is 42.7 Å². The van der Waals surface area contributed by atoms with Crippen LogP contribution in [0.4, 0.5) is 17.2 Å². The molecule has 28 heavy (non-hydrogen) atoms. The van der Waals surface area contributed by atoms with E-state index in [-0.39, 0.29) is 17.2 Å². The van der Waals surface area contributed by atoms with E-state index in [0.717, 1.165) is 35.2 Å². The summed E-state index contributed by atoms with van der Waals surface area (Å²) in [5.41, 5.74) is 10.1. The summed E-state index contributed by atoms with van der Waals surface area (Å²) in [6.45, 7) is 0. The van der Waals surface area contributed by atoms with Crippen molar-refractivity contribution in [2.45, 2.75) is 18.4 Å². The zero-order chi connectivity index (χ0) is 19.3. The molecule has 0 amide bonds. The fraction of sp³-hybridized carbons (Fsp3) is 0.136. The lowest BCUT2D eigenvalue weighted by Gasteiger charge is -2.25. The van der Waals surface area contributed by atoms with Gasteiger partial charge in [0.1, 0.15) is 11.7 Å². The minimum Gasteiger partial charge on any atom is -0.338 e. The standard InChI is InChI=1S/C22H20N6/c23-19(14-7-9-15(10-8-14)22(25)11-12-22)28-18-6-3-13-26-21(18)27-17-5-2-1-4-16(17)20(28)24/h1-10,13,23-24H,11-12,25H2,(H,26,27). The Morgan fingerprint density at radius 2 is 1.79 bits per heavy atom. The summed E-state index contributed by atoms with van der Waals surface area (Å²) < 4.78 is 0. The van der Waals surface area contributed by atoms with Crippen LogP contribution in [0.15, 0.2) is 66.9 Å². The monoisotopic (exact) mass is 368 g/mol. The van der Waals surface area contributed by atoms with E-state index in [0.29, 0.717) is 11.5 Å². The van der Waals surface area contributed by atoms with Gasteiger partial charge in [-0.2, -0.15) is 0 Å². The molecule has 5 N–H and O–H groups in total. The van der Waals surface area contributed by atoms with Gasteiger partial charge in [-0.1, -0.05) is 36.4 Å². The van der Waals surface area contributed by atoms with Crippen LogP contribution in [0, 0.1) is 10.8 Å². The lowest BCUT2D eigenvalue weighted by molar-refractivity contribution is 0.740. The molecule has 1 aromatic heterocycles. The van der Waals surface area contributed by atoms with Crippen molar-refractivity contribution in [1.82, 2.24) is 4.98 Å². The molecule has 1 aliphatic heterocycles. The third-order valence-electron chi connectivity index (χ3n) is 5.43. The van der Waals surface area contributed by atoms with E-state index in [1.165, 1.54) is 0 Å².